The number of hydrogen-bond donors (Lipinski definition) is 2. The van der Waals surface area contributed by atoms with Gasteiger partial charge in [-0.05, 0) is 18.1 Å². The van der Waals surface area contributed by atoms with E-state index in [1.54, 1.807) is 6.92 Å². The number of anilines is 1. The second kappa shape index (κ2) is 6.99. The number of nitrogens with one attached hydrogen (secondary N) is 1. The summed E-state index contributed by atoms with van der Waals surface area (Å²) in [5.74, 6) is 0. The summed E-state index contributed by atoms with van der Waals surface area (Å²) in [5.41, 5.74) is -5.64. The maximum Gasteiger partial charge on any atom is 0.432 e. The predicted octanol–water partition coefficient (Wildman–Crippen LogP) is 2.76. The van der Waals surface area contributed by atoms with Gasteiger partial charge in [0.1, 0.15) is 0 Å². The first kappa shape index (κ1) is 19.8. The van der Waals surface area contributed by atoms with E-state index in [1.165, 1.54) is 0 Å². The topological polar surface area (TPSA) is 48.4 Å². The molecule has 1 saturated heterocycles. The van der Waals surface area contributed by atoms with Gasteiger partial charge in [0.25, 0.3) is 5.60 Å². The third-order valence-electron chi connectivity index (χ3n) is 4.13. The molecule has 2 rings (SSSR count). The van der Waals surface area contributed by atoms with Gasteiger partial charge >= 0.3 is 12.4 Å². The highest BCUT2D eigenvalue weighted by atomic mass is 19.4. The first-order valence-corrected chi connectivity index (χ1v) is 7.83. The van der Waals surface area contributed by atoms with Gasteiger partial charge in [-0.3, -0.25) is 4.98 Å². The van der Waals surface area contributed by atoms with E-state index in [1.807, 2.05) is 4.90 Å². The molecule has 0 saturated carbocycles. The van der Waals surface area contributed by atoms with Crippen LogP contribution in [0.3, 0.4) is 0 Å². The fraction of sp³-hybridized carbons (Fsp3) is 0.667. The highest BCUT2D eigenvalue weighted by Crippen LogP contribution is 2.49. The molecule has 1 aromatic heterocycles. The molecule has 0 bridgehead atoms. The van der Waals surface area contributed by atoms with Crippen molar-refractivity contribution in [1.29, 1.82) is 0 Å². The lowest BCUT2D eigenvalue weighted by Gasteiger charge is -2.34. The third kappa shape index (κ3) is 3.69. The van der Waals surface area contributed by atoms with Crippen LogP contribution < -0.4 is 10.2 Å². The first-order valence-electron chi connectivity index (χ1n) is 7.83. The normalized spacial score (nSPS) is 17.0. The van der Waals surface area contributed by atoms with Crippen LogP contribution in [0.4, 0.5) is 32.0 Å². The number of pyridine rings is 1. The zero-order valence-corrected chi connectivity index (χ0v) is 13.5. The summed E-state index contributed by atoms with van der Waals surface area (Å²) < 4.78 is 78.2. The van der Waals surface area contributed by atoms with Crippen LogP contribution in [-0.4, -0.2) is 48.6 Å². The summed E-state index contributed by atoms with van der Waals surface area (Å²) in [4.78, 5) is 5.21. The number of rotatable bonds is 4. The van der Waals surface area contributed by atoms with Crippen LogP contribution in [0.15, 0.2) is 12.3 Å². The summed E-state index contributed by atoms with van der Waals surface area (Å²) in [6.07, 6.45) is -10.1. The minimum absolute atomic E-state index is 0.278. The van der Waals surface area contributed by atoms with E-state index in [4.69, 9.17) is 0 Å². The van der Waals surface area contributed by atoms with Crippen molar-refractivity contribution in [3.8, 4) is 0 Å². The summed E-state index contributed by atoms with van der Waals surface area (Å²) in [6, 6.07) is 0.724. The average Bonchev–Trinajstić information content (AvgIpc) is 2.53. The van der Waals surface area contributed by atoms with Crippen molar-refractivity contribution in [1.82, 2.24) is 10.3 Å². The summed E-state index contributed by atoms with van der Waals surface area (Å²) in [5, 5.41) is 12.6. The van der Waals surface area contributed by atoms with Crippen molar-refractivity contribution >= 4 is 5.69 Å². The Labute approximate surface area is 140 Å². The molecule has 1 fully saturated rings. The van der Waals surface area contributed by atoms with Crippen LogP contribution in [0.1, 0.15) is 24.6 Å². The monoisotopic (exact) mass is 371 g/mol. The summed E-state index contributed by atoms with van der Waals surface area (Å²) >= 11 is 0. The molecule has 10 heteroatoms. The van der Waals surface area contributed by atoms with E-state index in [9.17, 15) is 31.4 Å². The Morgan fingerprint density at radius 1 is 1.12 bits per heavy atom. The molecule has 0 amide bonds. The zero-order valence-electron chi connectivity index (χ0n) is 13.5. The Bertz CT molecular complexity index is 582. The van der Waals surface area contributed by atoms with Crippen LogP contribution in [0, 0.1) is 0 Å². The molecular formula is C15H19F6N3O. The van der Waals surface area contributed by atoms with Crippen LogP contribution in [0.5, 0.6) is 0 Å². The number of halogens is 6. The minimum Gasteiger partial charge on any atom is -0.368 e. The minimum atomic E-state index is -5.93. The van der Waals surface area contributed by atoms with Gasteiger partial charge < -0.3 is 15.3 Å². The van der Waals surface area contributed by atoms with Gasteiger partial charge in [-0.15, -0.1) is 0 Å². The van der Waals surface area contributed by atoms with Gasteiger partial charge in [-0.1, -0.05) is 13.3 Å². The molecule has 4 nitrogen and oxygen atoms in total. The Kier molecular flexibility index (Phi) is 5.53. The van der Waals surface area contributed by atoms with E-state index in [2.05, 4.69) is 10.3 Å². The molecule has 2 N–H and O–H groups in total. The molecule has 0 radical (unpaired) electrons. The Morgan fingerprint density at radius 3 is 2.16 bits per heavy atom. The van der Waals surface area contributed by atoms with Crippen molar-refractivity contribution < 1.29 is 31.4 Å². The van der Waals surface area contributed by atoms with E-state index in [0.717, 1.165) is 12.3 Å². The lowest BCUT2D eigenvalue weighted by molar-refractivity contribution is -0.377. The quantitative estimate of drug-likeness (QED) is 0.800. The zero-order chi connectivity index (χ0) is 18.9. The fourth-order valence-electron chi connectivity index (χ4n) is 2.80. The van der Waals surface area contributed by atoms with Gasteiger partial charge in [0.2, 0.25) is 0 Å². The lowest BCUT2D eigenvalue weighted by atomic mass is 9.94. The SMILES string of the molecule is CCCc1cc(C(O)(C(F)(F)F)C(F)(F)F)ncc1N1CCNCC1. The van der Waals surface area contributed by atoms with E-state index in [-0.39, 0.29) is 6.42 Å². The number of aliphatic hydroxyl groups is 1. The largest absolute Gasteiger partial charge is 0.432 e. The molecule has 0 atom stereocenters. The molecule has 142 valence electrons. The van der Waals surface area contributed by atoms with Crippen molar-refractivity contribution in [2.75, 3.05) is 31.1 Å². The first-order chi connectivity index (χ1) is 11.5. The number of piperazine rings is 1. The predicted molar refractivity (Wildman–Crippen MR) is 79.3 cm³/mol. The molecule has 0 aliphatic carbocycles. The van der Waals surface area contributed by atoms with Crippen molar-refractivity contribution in [2.24, 2.45) is 0 Å². The van der Waals surface area contributed by atoms with Gasteiger partial charge in [0, 0.05) is 26.2 Å². The van der Waals surface area contributed by atoms with Crippen molar-refractivity contribution in [2.45, 2.75) is 37.7 Å². The third-order valence-corrected chi connectivity index (χ3v) is 4.13. The highest BCUT2D eigenvalue weighted by Gasteiger charge is 2.72. The number of hydrogen-bond acceptors (Lipinski definition) is 4. The number of aryl methyl sites for hydroxylation is 1. The van der Waals surface area contributed by atoms with Gasteiger partial charge in [0.15, 0.2) is 0 Å². The van der Waals surface area contributed by atoms with Crippen molar-refractivity contribution in [3.63, 3.8) is 0 Å². The standard InChI is InChI=1S/C15H19F6N3O/c1-2-3-10-8-12(13(25,14(16,17)18)15(19,20)21)23-9-11(10)24-6-4-22-5-7-24/h8-9,22,25H,2-7H2,1H3. The van der Waals surface area contributed by atoms with Crippen LogP contribution in [0.25, 0.3) is 0 Å². The Balaban J connectivity index is 2.53. The highest BCUT2D eigenvalue weighted by molar-refractivity contribution is 5.54. The van der Waals surface area contributed by atoms with Gasteiger partial charge in [-0.2, -0.15) is 26.3 Å². The van der Waals surface area contributed by atoms with Crippen LogP contribution in [-0.2, 0) is 12.0 Å². The molecule has 0 unspecified atom stereocenters. The maximum absolute atomic E-state index is 13.0. The van der Waals surface area contributed by atoms with Crippen molar-refractivity contribution in [3.05, 3.63) is 23.5 Å². The molecule has 1 aromatic rings. The van der Waals surface area contributed by atoms with Crippen LogP contribution >= 0.6 is 0 Å². The smallest absolute Gasteiger partial charge is 0.368 e. The molecule has 0 spiro atoms. The maximum atomic E-state index is 13.0. The van der Waals surface area contributed by atoms with Gasteiger partial charge in [-0.25, -0.2) is 0 Å². The number of aromatic nitrogens is 1. The second-order valence-electron chi connectivity index (χ2n) is 5.89. The molecule has 0 aromatic carbocycles. The average molecular weight is 371 g/mol. The fourth-order valence-corrected chi connectivity index (χ4v) is 2.80. The summed E-state index contributed by atoms with van der Waals surface area (Å²) in [7, 11) is 0. The van der Waals surface area contributed by atoms with Gasteiger partial charge in [0.05, 0.1) is 17.6 Å². The van der Waals surface area contributed by atoms with Crippen LogP contribution in [0.2, 0.25) is 0 Å². The summed E-state index contributed by atoms with van der Waals surface area (Å²) in [6.45, 7) is 4.22. The number of alkyl halides is 6. The number of nitrogens with zero attached hydrogens (tertiary/aromatic N) is 2. The van der Waals surface area contributed by atoms with E-state index < -0.39 is 23.6 Å². The second-order valence-corrected chi connectivity index (χ2v) is 5.89. The Morgan fingerprint density at radius 2 is 1.68 bits per heavy atom. The molecule has 2 heterocycles. The lowest BCUT2D eigenvalue weighted by Crippen LogP contribution is -2.54. The van der Waals surface area contributed by atoms with E-state index in [0.29, 0.717) is 43.9 Å². The molecular weight excluding hydrogens is 352 g/mol. The van der Waals surface area contributed by atoms with E-state index >= 15 is 0 Å². The molecule has 1 aliphatic rings. The molecule has 25 heavy (non-hydrogen) atoms. The Hall–Kier alpha value is -1.55. The molecule has 1 aliphatic heterocycles.